The molecule has 1 aliphatic rings. The molecule has 0 fully saturated rings. The van der Waals surface area contributed by atoms with Crippen LogP contribution in [0.25, 0.3) is 6.08 Å². The SMILES string of the molecule is CC/C(=C\c1cnc(N)cc1C)CNC(=O)C1CCc2ncc(NCCCc3ccccc3)c(=O)n21. The van der Waals surface area contributed by atoms with E-state index in [2.05, 4.69) is 32.7 Å². The van der Waals surface area contributed by atoms with Crippen molar-refractivity contribution in [2.75, 3.05) is 24.1 Å². The van der Waals surface area contributed by atoms with Crippen LogP contribution in [0.3, 0.4) is 0 Å². The maximum Gasteiger partial charge on any atom is 0.277 e. The molecule has 4 N–H and O–H groups in total. The van der Waals surface area contributed by atoms with Crippen molar-refractivity contribution in [2.45, 2.75) is 52.0 Å². The summed E-state index contributed by atoms with van der Waals surface area (Å²) < 4.78 is 1.55. The molecule has 0 spiro atoms. The van der Waals surface area contributed by atoms with Gasteiger partial charge in [-0.1, -0.05) is 48.9 Å². The molecule has 0 aliphatic carbocycles. The number of nitrogens with one attached hydrogen (secondary N) is 2. The van der Waals surface area contributed by atoms with Gasteiger partial charge in [0.25, 0.3) is 5.56 Å². The van der Waals surface area contributed by atoms with E-state index in [9.17, 15) is 9.59 Å². The highest BCUT2D eigenvalue weighted by atomic mass is 16.2. The first-order chi connectivity index (χ1) is 17.5. The van der Waals surface area contributed by atoms with Crippen molar-refractivity contribution in [1.82, 2.24) is 19.9 Å². The van der Waals surface area contributed by atoms with Gasteiger partial charge in [0.05, 0.1) is 6.20 Å². The molecule has 1 atom stereocenters. The van der Waals surface area contributed by atoms with Crippen molar-refractivity contribution in [3.05, 3.63) is 87.2 Å². The van der Waals surface area contributed by atoms with Crippen LogP contribution in [-0.4, -0.2) is 33.5 Å². The number of pyridine rings is 1. The Labute approximate surface area is 211 Å². The van der Waals surface area contributed by atoms with Gasteiger partial charge in [0.1, 0.15) is 23.4 Å². The number of hydrogen-bond donors (Lipinski definition) is 3. The number of rotatable bonds is 10. The summed E-state index contributed by atoms with van der Waals surface area (Å²) in [5.74, 6) is 0.982. The standard InChI is InChI=1S/C28H34N6O2/c1-3-20(15-22-17-31-25(29)14-19(22)2)16-33-27(35)24-11-12-26-32-18-23(28(36)34(24)26)30-13-7-10-21-8-5-4-6-9-21/h4-6,8-9,14-15,17-18,24,30H,3,7,10-13,16H2,1-2H3,(H2,29,31)(H,33,35)/b20-15+. The summed E-state index contributed by atoms with van der Waals surface area (Å²) in [6.45, 7) is 5.10. The fourth-order valence-corrected chi connectivity index (χ4v) is 4.49. The van der Waals surface area contributed by atoms with Crippen LogP contribution in [0.2, 0.25) is 0 Å². The Morgan fingerprint density at radius 1 is 1.22 bits per heavy atom. The lowest BCUT2D eigenvalue weighted by Gasteiger charge is -2.16. The molecule has 3 aromatic rings. The first-order valence-electron chi connectivity index (χ1n) is 12.5. The third kappa shape index (κ3) is 6.00. The topological polar surface area (TPSA) is 115 Å². The van der Waals surface area contributed by atoms with E-state index < -0.39 is 6.04 Å². The molecule has 1 unspecified atom stereocenters. The van der Waals surface area contributed by atoms with Crippen LogP contribution < -0.4 is 21.9 Å². The van der Waals surface area contributed by atoms with E-state index in [1.807, 2.05) is 44.2 Å². The molecule has 1 aliphatic heterocycles. The number of nitrogens with two attached hydrogens (primary N) is 1. The molecule has 0 saturated carbocycles. The summed E-state index contributed by atoms with van der Waals surface area (Å²) in [6.07, 6.45) is 9.15. The number of carbonyl (C=O) groups is 1. The Hall–Kier alpha value is -3.94. The van der Waals surface area contributed by atoms with Gasteiger partial charge in [-0.3, -0.25) is 14.2 Å². The highest BCUT2D eigenvalue weighted by Crippen LogP contribution is 2.23. The van der Waals surface area contributed by atoms with Crippen molar-refractivity contribution in [1.29, 1.82) is 0 Å². The lowest BCUT2D eigenvalue weighted by atomic mass is 10.1. The number of anilines is 2. The van der Waals surface area contributed by atoms with Crippen LogP contribution >= 0.6 is 0 Å². The molecule has 2 aromatic heterocycles. The quantitative estimate of drug-likeness (QED) is 0.377. The van der Waals surface area contributed by atoms with E-state index in [0.29, 0.717) is 43.3 Å². The Morgan fingerprint density at radius 3 is 2.78 bits per heavy atom. The molecule has 1 amide bonds. The molecule has 1 aromatic carbocycles. The van der Waals surface area contributed by atoms with Crippen LogP contribution in [-0.2, 0) is 17.6 Å². The fourth-order valence-electron chi connectivity index (χ4n) is 4.49. The van der Waals surface area contributed by atoms with Crippen LogP contribution in [0, 0.1) is 6.92 Å². The number of fused-ring (bicyclic) bond motifs is 1. The summed E-state index contributed by atoms with van der Waals surface area (Å²) in [5, 5.41) is 6.24. The van der Waals surface area contributed by atoms with Gasteiger partial charge in [-0.05, 0) is 55.4 Å². The predicted octanol–water partition coefficient (Wildman–Crippen LogP) is 3.67. The highest BCUT2D eigenvalue weighted by Gasteiger charge is 2.31. The first-order valence-corrected chi connectivity index (χ1v) is 12.5. The molecule has 0 bridgehead atoms. The maximum atomic E-state index is 13.2. The largest absolute Gasteiger partial charge is 0.384 e. The zero-order chi connectivity index (χ0) is 25.5. The monoisotopic (exact) mass is 486 g/mol. The Balaban J connectivity index is 1.38. The fraction of sp³-hybridized carbons (Fsp3) is 0.357. The number of aromatic nitrogens is 3. The van der Waals surface area contributed by atoms with Crippen LogP contribution in [0.15, 0.2) is 59.2 Å². The van der Waals surface area contributed by atoms with Crippen molar-refractivity contribution in [2.24, 2.45) is 0 Å². The zero-order valence-corrected chi connectivity index (χ0v) is 21.0. The first kappa shape index (κ1) is 25.2. The number of hydrogen-bond acceptors (Lipinski definition) is 6. The maximum absolute atomic E-state index is 13.2. The van der Waals surface area contributed by atoms with Crippen LogP contribution in [0.5, 0.6) is 0 Å². The summed E-state index contributed by atoms with van der Waals surface area (Å²) in [5.41, 5.74) is 10.3. The molecule has 8 nitrogen and oxygen atoms in total. The highest BCUT2D eigenvalue weighted by molar-refractivity contribution is 5.81. The van der Waals surface area contributed by atoms with Gasteiger partial charge in [-0.15, -0.1) is 0 Å². The molecule has 188 valence electrons. The minimum absolute atomic E-state index is 0.162. The molecule has 4 rings (SSSR count). The van der Waals surface area contributed by atoms with Gasteiger partial charge < -0.3 is 16.4 Å². The van der Waals surface area contributed by atoms with Crippen molar-refractivity contribution in [3.63, 3.8) is 0 Å². The second-order valence-electron chi connectivity index (χ2n) is 9.17. The number of nitrogens with zero attached hydrogens (tertiary/aromatic N) is 3. The molecule has 0 saturated heterocycles. The number of benzene rings is 1. The summed E-state index contributed by atoms with van der Waals surface area (Å²) in [6, 6.07) is 11.5. The van der Waals surface area contributed by atoms with Gasteiger partial charge in [-0.2, -0.15) is 0 Å². The molecular weight excluding hydrogens is 452 g/mol. The van der Waals surface area contributed by atoms with Crippen molar-refractivity contribution < 1.29 is 4.79 Å². The average molecular weight is 487 g/mol. The van der Waals surface area contributed by atoms with E-state index in [0.717, 1.165) is 36.0 Å². The van der Waals surface area contributed by atoms with Crippen LogP contribution in [0.1, 0.15) is 54.7 Å². The number of amides is 1. The van der Waals surface area contributed by atoms with Gasteiger partial charge in [0, 0.05) is 25.7 Å². The molecule has 0 radical (unpaired) electrons. The minimum Gasteiger partial charge on any atom is -0.384 e. The van der Waals surface area contributed by atoms with E-state index in [4.69, 9.17) is 5.73 Å². The molecule has 8 heteroatoms. The summed E-state index contributed by atoms with van der Waals surface area (Å²) in [4.78, 5) is 34.9. The summed E-state index contributed by atoms with van der Waals surface area (Å²) in [7, 11) is 0. The smallest absolute Gasteiger partial charge is 0.277 e. The summed E-state index contributed by atoms with van der Waals surface area (Å²) >= 11 is 0. The van der Waals surface area contributed by atoms with E-state index in [1.165, 1.54) is 5.56 Å². The second-order valence-corrected chi connectivity index (χ2v) is 9.17. The Morgan fingerprint density at radius 2 is 2.03 bits per heavy atom. The van der Waals surface area contributed by atoms with Gasteiger partial charge >= 0.3 is 0 Å². The van der Waals surface area contributed by atoms with E-state index in [1.54, 1.807) is 17.0 Å². The van der Waals surface area contributed by atoms with E-state index >= 15 is 0 Å². The average Bonchev–Trinajstić information content (AvgIpc) is 3.32. The van der Waals surface area contributed by atoms with Crippen molar-refractivity contribution in [3.8, 4) is 0 Å². The second kappa shape index (κ2) is 11.7. The number of aryl methyl sites for hydroxylation is 3. The predicted molar refractivity (Wildman–Crippen MR) is 144 cm³/mol. The lowest BCUT2D eigenvalue weighted by molar-refractivity contribution is -0.124. The van der Waals surface area contributed by atoms with Crippen LogP contribution in [0.4, 0.5) is 11.5 Å². The van der Waals surface area contributed by atoms with Crippen molar-refractivity contribution >= 4 is 23.5 Å². The number of nitrogen functional groups attached to an aromatic ring is 1. The molecular formula is C28H34N6O2. The zero-order valence-electron chi connectivity index (χ0n) is 21.0. The third-order valence-electron chi connectivity index (χ3n) is 6.60. The number of carbonyl (C=O) groups excluding carboxylic acids is 1. The third-order valence-corrected chi connectivity index (χ3v) is 6.60. The lowest BCUT2D eigenvalue weighted by Crippen LogP contribution is -2.37. The van der Waals surface area contributed by atoms with E-state index in [-0.39, 0.29) is 11.5 Å². The van der Waals surface area contributed by atoms with Gasteiger partial charge in [0.15, 0.2) is 0 Å². The van der Waals surface area contributed by atoms with Gasteiger partial charge in [-0.25, -0.2) is 9.97 Å². The Bertz CT molecular complexity index is 1300. The normalized spacial score (nSPS) is 14.9. The molecule has 36 heavy (non-hydrogen) atoms. The minimum atomic E-state index is -0.552. The molecule has 3 heterocycles. The Kier molecular flexibility index (Phi) is 8.15. The van der Waals surface area contributed by atoms with Gasteiger partial charge in [0.2, 0.25) is 5.91 Å².